The zero-order chi connectivity index (χ0) is 14.8. The van der Waals surface area contributed by atoms with E-state index in [4.69, 9.17) is 14.2 Å². The summed E-state index contributed by atoms with van der Waals surface area (Å²) in [5.41, 5.74) is 0.813. The van der Waals surface area contributed by atoms with Gasteiger partial charge in [0.25, 0.3) is 0 Å². The van der Waals surface area contributed by atoms with Gasteiger partial charge < -0.3 is 19.3 Å². The number of aromatic carboxylic acids is 1. The fourth-order valence-electron chi connectivity index (χ4n) is 2.00. The lowest BCUT2D eigenvalue weighted by Gasteiger charge is -2.09. The lowest BCUT2D eigenvalue weighted by Crippen LogP contribution is -2.05. The molecule has 0 fully saturated rings. The molecule has 0 radical (unpaired) electrons. The number of carboxylic acids is 1. The van der Waals surface area contributed by atoms with Gasteiger partial charge in [0, 0.05) is 16.1 Å². The summed E-state index contributed by atoms with van der Waals surface area (Å²) in [6.45, 7) is 0.364. The van der Waals surface area contributed by atoms with Gasteiger partial charge in [0.1, 0.15) is 12.4 Å². The number of carboxylic acid groups (broad SMARTS) is 1. The van der Waals surface area contributed by atoms with Gasteiger partial charge in [-0.3, -0.25) is 0 Å². The summed E-state index contributed by atoms with van der Waals surface area (Å²) in [6.07, 6.45) is 0. The van der Waals surface area contributed by atoms with Gasteiger partial charge in [-0.25, -0.2) is 4.79 Å². The zero-order valence-electron chi connectivity index (χ0n) is 10.8. The highest BCUT2D eigenvalue weighted by Crippen LogP contribution is 2.35. The average molecular weight is 351 g/mol. The van der Waals surface area contributed by atoms with Crippen molar-refractivity contribution in [3.05, 3.63) is 52.0 Å². The molecule has 0 atom stereocenters. The Morgan fingerprint density at radius 2 is 2.00 bits per heavy atom. The van der Waals surface area contributed by atoms with Crippen molar-refractivity contribution in [2.45, 2.75) is 6.61 Å². The second kappa shape index (κ2) is 5.65. The molecule has 0 aliphatic carbocycles. The molecule has 0 spiro atoms. The molecule has 1 N–H and O–H groups in total. The Bertz CT molecular complexity index is 698. The minimum Gasteiger partial charge on any atom is -0.489 e. The van der Waals surface area contributed by atoms with Crippen LogP contribution >= 0.6 is 15.9 Å². The Labute approximate surface area is 129 Å². The molecular formula is C15H11BrO5. The third kappa shape index (κ3) is 2.95. The van der Waals surface area contributed by atoms with Crippen molar-refractivity contribution in [2.24, 2.45) is 0 Å². The Hall–Kier alpha value is -2.21. The topological polar surface area (TPSA) is 65.0 Å². The lowest BCUT2D eigenvalue weighted by molar-refractivity contribution is 0.0694. The summed E-state index contributed by atoms with van der Waals surface area (Å²) in [5.74, 6) is 0.915. The highest BCUT2D eigenvalue weighted by molar-refractivity contribution is 9.10. The number of ether oxygens (including phenoxy) is 3. The molecule has 0 saturated heterocycles. The highest BCUT2D eigenvalue weighted by atomic mass is 79.9. The van der Waals surface area contributed by atoms with Gasteiger partial charge >= 0.3 is 5.97 Å². The van der Waals surface area contributed by atoms with Gasteiger partial charge in [-0.1, -0.05) is 22.0 Å². The number of carbonyl (C=O) groups is 1. The first-order valence-electron chi connectivity index (χ1n) is 6.17. The summed E-state index contributed by atoms with van der Waals surface area (Å²) < 4.78 is 16.8. The van der Waals surface area contributed by atoms with Crippen LogP contribution in [0.4, 0.5) is 0 Å². The molecule has 0 amide bonds. The average Bonchev–Trinajstić information content (AvgIpc) is 2.93. The molecule has 0 aromatic heterocycles. The van der Waals surface area contributed by atoms with Crippen LogP contribution < -0.4 is 14.2 Å². The second-order valence-electron chi connectivity index (χ2n) is 4.41. The van der Waals surface area contributed by atoms with Crippen LogP contribution in [0.15, 0.2) is 40.9 Å². The molecule has 21 heavy (non-hydrogen) atoms. The van der Waals surface area contributed by atoms with Crippen molar-refractivity contribution in [1.29, 1.82) is 0 Å². The maximum absolute atomic E-state index is 11.2. The summed E-state index contributed by atoms with van der Waals surface area (Å²) in [4.78, 5) is 11.2. The number of fused-ring (bicyclic) bond motifs is 1. The lowest BCUT2D eigenvalue weighted by atomic mass is 10.1. The van der Waals surface area contributed by atoms with E-state index >= 15 is 0 Å². The van der Waals surface area contributed by atoms with Gasteiger partial charge in [-0.15, -0.1) is 0 Å². The predicted octanol–water partition coefficient (Wildman–Crippen LogP) is 3.46. The van der Waals surface area contributed by atoms with E-state index in [0.717, 1.165) is 0 Å². The number of rotatable bonds is 4. The smallest absolute Gasteiger partial charge is 0.336 e. The maximum Gasteiger partial charge on any atom is 0.336 e. The number of benzene rings is 2. The van der Waals surface area contributed by atoms with Crippen LogP contribution in [-0.4, -0.2) is 17.9 Å². The number of hydrogen-bond acceptors (Lipinski definition) is 4. The SMILES string of the molecule is O=C(O)c1cc(Br)ccc1COc1ccc2c(c1)OCO2. The fraction of sp³-hybridized carbons (Fsp3) is 0.133. The molecule has 0 saturated carbocycles. The van der Waals surface area contributed by atoms with Crippen molar-refractivity contribution in [3.63, 3.8) is 0 Å². The van der Waals surface area contributed by atoms with Crippen LogP contribution in [0, 0.1) is 0 Å². The van der Waals surface area contributed by atoms with Crippen LogP contribution in [0.3, 0.4) is 0 Å². The van der Waals surface area contributed by atoms with Crippen LogP contribution in [0.1, 0.15) is 15.9 Å². The standard InChI is InChI=1S/C15H11BrO5/c16-10-2-1-9(12(5-10)15(17)18)7-19-11-3-4-13-14(6-11)21-8-20-13/h1-6H,7-8H2,(H,17,18). The number of halogens is 1. The Morgan fingerprint density at radius 1 is 1.19 bits per heavy atom. The Kier molecular flexibility index (Phi) is 3.70. The normalized spacial score (nSPS) is 12.2. The molecule has 6 heteroatoms. The summed E-state index contributed by atoms with van der Waals surface area (Å²) in [7, 11) is 0. The van der Waals surface area contributed by atoms with Crippen molar-refractivity contribution in [3.8, 4) is 17.2 Å². The predicted molar refractivity (Wildman–Crippen MR) is 78.0 cm³/mol. The molecular weight excluding hydrogens is 340 g/mol. The van der Waals surface area contributed by atoms with Crippen molar-refractivity contribution in [1.82, 2.24) is 0 Å². The van der Waals surface area contributed by atoms with Crippen LogP contribution in [-0.2, 0) is 6.61 Å². The highest BCUT2D eigenvalue weighted by Gasteiger charge is 2.15. The van der Waals surface area contributed by atoms with Gasteiger partial charge in [0.15, 0.2) is 11.5 Å². The van der Waals surface area contributed by atoms with Crippen molar-refractivity contribution in [2.75, 3.05) is 6.79 Å². The fourth-order valence-corrected chi connectivity index (χ4v) is 2.36. The molecule has 0 unspecified atom stereocenters. The molecule has 2 aromatic carbocycles. The van der Waals surface area contributed by atoms with Gasteiger partial charge in [-0.05, 0) is 24.3 Å². The molecule has 3 rings (SSSR count). The molecule has 2 aromatic rings. The molecule has 5 nitrogen and oxygen atoms in total. The Morgan fingerprint density at radius 3 is 2.81 bits per heavy atom. The molecule has 108 valence electrons. The van der Waals surface area contributed by atoms with Gasteiger partial charge in [-0.2, -0.15) is 0 Å². The van der Waals surface area contributed by atoms with E-state index in [2.05, 4.69) is 15.9 Å². The van der Waals surface area contributed by atoms with E-state index in [1.54, 1.807) is 36.4 Å². The van der Waals surface area contributed by atoms with Crippen LogP contribution in [0.2, 0.25) is 0 Å². The molecule has 0 bridgehead atoms. The molecule has 1 heterocycles. The summed E-state index contributed by atoms with van der Waals surface area (Å²) in [5, 5.41) is 9.20. The van der Waals surface area contributed by atoms with E-state index in [-0.39, 0.29) is 19.0 Å². The number of hydrogen-bond donors (Lipinski definition) is 1. The van der Waals surface area contributed by atoms with Crippen molar-refractivity contribution >= 4 is 21.9 Å². The quantitative estimate of drug-likeness (QED) is 0.914. The van der Waals surface area contributed by atoms with E-state index in [1.165, 1.54) is 0 Å². The first-order chi connectivity index (χ1) is 10.1. The van der Waals surface area contributed by atoms with E-state index in [0.29, 0.717) is 27.3 Å². The monoisotopic (exact) mass is 350 g/mol. The van der Waals surface area contributed by atoms with Crippen LogP contribution in [0.5, 0.6) is 17.2 Å². The maximum atomic E-state index is 11.2. The van der Waals surface area contributed by atoms with Crippen molar-refractivity contribution < 1.29 is 24.1 Å². The molecule has 1 aliphatic rings. The minimum absolute atomic E-state index is 0.161. The third-order valence-corrected chi connectivity index (χ3v) is 3.53. The first kappa shape index (κ1) is 13.8. The van der Waals surface area contributed by atoms with E-state index < -0.39 is 5.97 Å². The largest absolute Gasteiger partial charge is 0.489 e. The van der Waals surface area contributed by atoms with Gasteiger partial charge in [0.05, 0.1) is 5.56 Å². The third-order valence-electron chi connectivity index (χ3n) is 3.04. The van der Waals surface area contributed by atoms with E-state index in [9.17, 15) is 9.90 Å². The van der Waals surface area contributed by atoms with Gasteiger partial charge in [0.2, 0.25) is 6.79 Å². The summed E-state index contributed by atoms with van der Waals surface area (Å²) >= 11 is 3.26. The zero-order valence-corrected chi connectivity index (χ0v) is 12.4. The van der Waals surface area contributed by atoms with Crippen LogP contribution in [0.25, 0.3) is 0 Å². The Balaban J connectivity index is 1.77. The molecule has 1 aliphatic heterocycles. The first-order valence-corrected chi connectivity index (χ1v) is 6.97. The van der Waals surface area contributed by atoms with E-state index in [1.807, 2.05) is 0 Å². The second-order valence-corrected chi connectivity index (χ2v) is 5.33. The summed E-state index contributed by atoms with van der Waals surface area (Å²) in [6, 6.07) is 10.3. The minimum atomic E-state index is -0.986.